The molecule has 1 aromatic heterocycles. The maximum atomic E-state index is 6.22. The Labute approximate surface area is 122 Å². The molecule has 0 aliphatic carbocycles. The van der Waals surface area contributed by atoms with Crippen molar-refractivity contribution in [3.63, 3.8) is 0 Å². The predicted octanol–water partition coefficient (Wildman–Crippen LogP) is 4.24. The molecule has 20 heavy (non-hydrogen) atoms. The van der Waals surface area contributed by atoms with Crippen molar-refractivity contribution < 1.29 is 0 Å². The van der Waals surface area contributed by atoms with Crippen LogP contribution in [0.5, 0.6) is 0 Å². The lowest BCUT2D eigenvalue weighted by Crippen LogP contribution is -2.11. The van der Waals surface area contributed by atoms with Crippen LogP contribution in [0.1, 0.15) is 0 Å². The molecule has 0 aliphatic heterocycles. The summed E-state index contributed by atoms with van der Waals surface area (Å²) in [6, 6.07) is 17.4. The Bertz CT molecular complexity index is 771. The second-order valence-corrected chi connectivity index (χ2v) is 5.04. The first kappa shape index (κ1) is 12.8. The van der Waals surface area contributed by atoms with Crippen molar-refractivity contribution in [1.29, 1.82) is 0 Å². The minimum absolute atomic E-state index is 0.703. The van der Waals surface area contributed by atoms with E-state index in [2.05, 4.69) is 4.98 Å². The van der Waals surface area contributed by atoms with Gasteiger partial charge in [-0.3, -0.25) is 0 Å². The number of pyridine rings is 1. The van der Waals surface area contributed by atoms with Gasteiger partial charge in [0.2, 0.25) is 0 Å². The molecule has 0 atom stereocenters. The summed E-state index contributed by atoms with van der Waals surface area (Å²) in [4.78, 5) is 6.62. The van der Waals surface area contributed by atoms with Gasteiger partial charge < -0.3 is 10.6 Å². The fourth-order valence-corrected chi connectivity index (χ4v) is 2.43. The van der Waals surface area contributed by atoms with Crippen LogP contribution in [0.4, 0.5) is 17.2 Å². The van der Waals surface area contributed by atoms with Crippen molar-refractivity contribution in [2.24, 2.45) is 0 Å². The number of benzene rings is 2. The molecule has 0 unspecified atom stereocenters. The number of fused-ring (bicyclic) bond motifs is 1. The number of nitrogens with zero attached hydrogens (tertiary/aromatic N) is 2. The molecule has 1 heterocycles. The monoisotopic (exact) mass is 283 g/mol. The Morgan fingerprint density at radius 3 is 2.65 bits per heavy atom. The van der Waals surface area contributed by atoms with Crippen LogP contribution in [-0.4, -0.2) is 12.0 Å². The average molecular weight is 284 g/mol. The van der Waals surface area contributed by atoms with Crippen molar-refractivity contribution in [3.05, 3.63) is 59.6 Å². The van der Waals surface area contributed by atoms with Gasteiger partial charge in [0.25, 0.3) is 0 Å². The number of hydrogen-bond donors (Lipinski definition) is 1. The Hall–Kier alpha value is -2.26. The fourth-order valence-electron chi connectivity index (χ4n) is 2.17. The first-order valence-electron chi connectivity index (χ1n) is 6.30. The van der Waals surface area contributed by atoms with Crippen molar-refractivity contribution in [1.82, 2.24) is 4.98 Å². The predicted molar refractivity (Wildman–Crippen MR) is 85.7 cm³/mol. The summed E-state index contributed by atoms with van der Waals surface area (Å²) in [5, 5.41) is 1.73. The molecule has 100 valence electrons. The standard InChI is InChI=1S/C16H14ClN3/c1-20(15-5-3-2-4-13(15)17)16-9-6-11-10-12(18)7-8-14(11)19-16/h2-10H,18H2,1H3. The van der Waals surface area contributed by atoms with E-state index in [0.29, 0.717) is 5.02 Å². The number of hydrogen-bond acceptors (Lipinski definition) is 3. The molecule has 2 N–H and O–H groups in total. The first-order chi connectivity index (χ1) is 9.65. The number of nitrogens with two attached hydrogens (primary N) is 1. The quantitative estimate of drug-likeness (QED) is 0.715. The van der Waals surface area contributed by atoms with E-state index in [0.717, 1.165) is 28.1 Å². The fraction of sp³-hybridized carbons (Fsp3) is 0.0625. The number of para-hydroxylation sites is 1. The Kier molecular flexibility index (Phi) is 3.20. The minimum atomic E-state index is 0.703. The zero-order valence-electron chi connectivity index (χ0n) is 11.0. The molecule has 0 aliphatic rings. The molecule has 0 radical (unpaired) electrons. The van der Waals surface area contributed by atoms with Crippen LogP contribution < -0.4 is 10.6 Å². The van der Waals surface area contributed by atoms with Gasteiger partial charge in [0.1, 0.15) is 5.82 Å². The van der Waals surface area contributed by atoms with Crippen molar-refractivity contribution in [3.8, 4) is 0 Å². The third-order valence-corrected chi connectivity index (χ3v) is 3.58. The summed E-state index contributed by atoms with van der Waals surface area (Å²) in [5.41, 5.74) is 8.36. The Morgan fingerprint density at radius 1 is 1.05 bits per heavy atom. The second kappa shape index (κ2) is 5.02. The Balaban J connectivity index is 2.06. The van der Waals surface area contributed by atoms with E-state index >= 15 is 0 Å². The molecule has 0 saturated carbocycles. The molecule has 0 fully saturated rings. The molecule has 0 amide bonds. The van der Waals surface area contributed by atoms with E-state index in [4.69, 9.17) is 17.3 Å². The lowest BCUT2D eigenvalue weighted by Gasteiger charge is -2.20. The molecule has 0 spiro atoms. The largest absolute Gasteiger partial charge is 0.399 e. The summed E-state index contributed by atoms with van der Waals surface area (Å²) in [6.45, 7) is 0. The molecule has 3 rings (SSSR count). The maximum absolute atomic E-state index is 6.22. The van der Waals surface area contributed by atoms with Gasteiger partial charge in [-0.15, -0.1) is 0 Å². The zero-order valence-corrected chi connectivity index (χ0v) is 11.8. The van der Waals surface area contributed by atoms with Crippen LogP contribution in [-0.2, 0) is 0 Å². The molecule has 3 nitrogen and oxygen atoms in total. The number of anilines is 3. The van der Waals surface area contributed by atoms with Gasteiger partial charge in [-0.25, -0.2) is 4.98 Å². The van der Waals surface area contributed by atoms with E-state index in [1.54, 1.807) is 0 Å². The van der Waals surface area contributed by atoms with Crippen molar-refractivity contribution >= 4 is 39.7 Å². The van der Waals surface area contributed by atoms with Crippen LogP contribution in [0.3, 0.4) is 0 Å². The molecular formula is C16H14ClN3. The average Bonchev–Trinajstić information content (AvgIpc) is 2.46. The van der Waals surface area contributed by atoms with Crippen LogP contribution in [0.25, 0.3) is 10.9 Å². The Morgan fingerprint density at radius 2 is 1.85 bits per heavy atom. The first-order valence-corrected chi connectivity index (χ1v) is 6.67. The highest BCUT2D eigenvalue weighted by Crippen LogP contribution is 2.30. The van der Waals surface area contributed by atoms with E-state index in [1.807, 2.05) is 66.5 Å². The van der Waals surface area contributed by atoms with Crippen LogP contribution in [0.15, 0.2) is 54.6 Å². The molecule has 2 aromatic carbocycles. The lowest BCUT2D eigenvalue weighted by molar-refractivity contribution is 1.15. The number of nitrogen functional groups attached to an aromatic ring is 1. The molecule has 3 aromatic rings. The SMILES string of the molecule is CN(c1ccc2cc(N)ccc2n1)c1ccccc1Cl. The summed E-state index contributed by atoms with van der Waals surface area (Å²) in [5.74, 6) is 0.843. The number of rotatable bonds is 2. The highest BCUT2D eigenvalue weighted by molar-refractivity contribution is 6.33. The summed E-state index contributed by atoms with van der Waals surface area (Å²) >= 11 is 6.22. The van der Waals surface area contributed by atoms with Crippen LogP contribution in [0.2, 0.25) is 5.02 Å². The molecular weight excluding hydrogens is 270 g/mol. The summed E-state index contributed by atoms with van der Waals surface area (Å²) in [7, 11) is 1.95. The maximum Gasteiger partial charge on any atom is 0.133 e. The van der Waals surface area contributed by atoms with E-state index < -0.39 is 0 Å². The topological polar surface area (TPSA) is 42.1 Å². The normalized spacial score (nSPS) is 10.7. The van der Waals surface area contributed by atoms with Gasteiger partial charge >= 0.3 is 0 Å². The second-order valence-electron chi connectivity index (χ2n) is 4.63. The van der Waals surface area contributed by atoms with Gasteiger partial charge in [-0.05, 0) is 42.5 Å². The molecule has 0 bridgehead atoms. The van der Waals surface area contributed by atoms with E-state index in [9.17, 15) is 0 Å². The smallest absolute Gasteiger partial charge is 0.133 e. The minimum Gasteiger partial charge on any atom is -0.399 e. The van der Waals surface area contributed by atoms with Gasteiger partial charge in [0, 0.05) is 18.1 Å². The third kappa shape index (κ3) is 2.28. The lowest BCUT2D eigenvalue weighted by atomic mass is 10.2. The van der Waals surface area contributed by atoms with Crippen LogP contribution >= 0.6 is 11.6 Å². The molecule has 4 heteroatoms. The van der Waals surface area contributed by atoms with E-state index in [-0.39, 0.29) is 0 Å². The summed E-state index contributed by atoms with van der Waals surface area (Å²) in [6.07, 6.45) is 0. The van der Waals surface area contributed by atoms with Gasteiger partial charge in [-0.2, -0.15) is 0 Å². The van der Waals surface area contributed by atoms with Gasteiger partial charge in [-0.1, -0.05) is 23.7 Å². The number of aromatic nitrogens is 1. The highest BCUT2D eigenvalue weighted by Gasteiger charge is 2.09. The highest BCUT2D eigenvalue weighted by atomic mass is 35.5. The number of halogens is 1. The van der Waals surface area contributed by atoms with Crippen LogP contribution in [0, 0.1) is 0 Å². The molecule has 0 saturated heterocycles. The van der Waals surface area contributed by atoms with Gasteiger partial charge in [0.05, 0.1) is 16.2 Å². The van der Waals surface area contributed by atoms with E-state index in [1.165, 1.54) is 0 Å². The zero-order chi connectivity index (χ0) is 14.1. The third-order valence-electron chi connectivity index (χ3n) is 3.26. The van der Waals surface area contributed by atoms with Gasteiger partial charge in [0.15, 0.2) is 0 Å². The summed E-state index contributed by atoms with van der Waals surface area (Å²) < 4.78 is 0. The van der Waals surface area contributed by atoms with Crippen molar-refractivity contribution in [2.75, 3.05) is 17.7 Å². The van der Waals surface area contributed by atoms with Crippen molar-refractivity contribution in [2.45, 2.75) is 0 Å².